The molecule has 2 aliphatic rings. The number of carbonyl (C=O) groups is 1. The molecule has 2 fully saturated rings. The van der Waals surface area contributed by atoms with E-state index in [0.717, 1.165) is 74.2 Å². The van der Waals surface area contributed by atoms with E-state index in [0.29, 0.717) is 23.6 Å². The number of imidazole rings is 1. The fourth-order valence-corrected chi connectivity index (χ4v) is 5.55. The van der Waals surface area contributed by atoms with Crippen molar-refractivity contribution in [3.8, 4) is 11.1 Å². The number of likely N-dealkylation sites (tertiary alicyclic amines) is 2. The van der Waals surface area contributed by atoms with Gasteiger partial charge in [-0.25, -0.2) is 14.5 Å². The Bertz CT molecular complexity index is 1380. The summed E-state index contributed by atoms with van der Waals surface area (Å²) < 4.78 is 3.79. The summed E-state index contributed by atoms with van der Waals surface area (Å²) in [6.45, 7) is 9.59. The van der Waals surface area contributed by atoms with Gasteiger partial charge in [0.15, 0.2) is 0 Å². The maximum absolute atomic E-state index is 13.0. The van der Waals surface area contributed by atoms with E-state index < -0.39 is 0 Å². The molecule has 0 unspecified atom stereocenters. The van der Waals surface area contributed by atoms with Crippen LogP contribution in [0.2, 0.25) is 0 Å². The van der Waals surface area contributed by atoms with Crippen LogP contribution in [0.1, 0.15) is 50.0 Å². The van der Waals surface area contributed by atoms with Crippen LogP contribution in [0.3, 0.4) is 0 Å². The van der Waals surface area contributed by atoms with Crippen molar-refractivity contribution in [1.82, 2.24) is 33.8 Å². The summed E-state index contributed by atoms with van der Waals surface area (Å²) in [6.07, 6.45) is 11.9. The molecule has 0 atom stereocenters. The molecule has 6 heterocycles. The fourth-order valence-electron chi connectivity index (χ4n) is 5.55. The Morgan fingerprint density at radius 2 is 1.86 bits per heavy atom. The zero-order chi connectivity index (χ0) is 24.6. The molecule has 0 spiro atoms. The molecule has 0 radical (unpaired) electrons. The number of nitrogens with zero attached hydrogens (tertiary/aromatic N) is 7. The number of carbonyl (C=O) groups excluding carboxylic acids is 1. The molecule has 4 aromatic heterocycles. The number of nitrogens with one attached hydrogen (secondary N) is 1. The van der Waals surface area contributed by atoms with Crippen molar-refractivity contribution in [3.05, 3.63) is 48.7 Å². The standard InChI is InChI=1S/C27H34N8O/c1-19(2)17-32-12-7-21(8-13-32)30-27-29-15-23-22(9-14-35(23)31-27)20-5-6-25-28-16-24(34(25)18-20)26(36)33-10-3-4-11-33/h5-6,9,14-16,18-19,21H,3-4,7-8,10-13,17H2,1-2H3,(H,30,31). The van der Waals surface area contributed by atoms with Gasteiger partial charge >= 0.3 is 0 Å². The van der Waals surface area contributed by atoms with E-state index in [2.05, 4.69) is 40.1 Å². The highest BCUT2D eigenvalue weighted by atomic mass is 16.2. The molecule has 0 bridgehead atoms. The van der Waals surface area contributed by atoms with Gasteiger partial charge in [-0.15, -0.1) is 5.10 Å². The van der Waals surface area contributed by atoms with Gasteiger partial charge in [0.1, 0.15) is 11.3 Å². The van der Waals surface area contributed by atoms with E-state index in [1.54, 1.807) is 6.20 Å². The first-order valence-electron chi connectivity index (χ1n) is 13.2. The molecule has 0 aromatic carbocycles. The highest BCUT2D eigenvalue weighted by Crippen LogP contribution is 2.27. The molecule has 6 rings (SSSR count). The first-order chi connectivity index (χ1) is 17.5. The van der Waals surface area contributed by atoms with Gasteiger partial charge in [0.2, 0.25) is 5.95 Å². The normalized spacial score (nSPS) is 17.6. The Kier molecular flexibility index (Phi) is 6.08. The van der Waals surface area contributed by atoms with Crippen molar-refractivity contribution in [2.75, 3.05) is 38.0 Å². The number of hydrogen-bond acceptors (Lipinski definition) is 6. The van der Waals surface area contributed by atoms with Gasteiger partial charge in [0, 0.05) is 62.3 Å². The molecule has 1 amide bonds. The van der Waals surface area contributed by atoms with Gasteiger partial charge in [-0.2, -0.15) is 0 Å². The van der Waals surface area contributed by atoms with Gasteiger partial charge in [0.25, 0.3) is 5.91 Å². The van der Waals surface area contributed by atoms with E-state index in [1.165, 1.54) is 6.54 Å². The summed E-state index contributed by atoms with van der Waals surface area (Å²) in [4.78, 5) is 26.6. The molecule has 1 N–H and O–H groups in total. The molecule has 9 nitrogen and oxygen atoms in total. The molecular formula is C27H34N8O. The molecular weight excluding hydrogens is 452 g/mol. The summed E-state index contributed by atoms with van der Waals surface area (Å²) in [5, 5.41) is 8.27. The quantitative estimate of drug-likeness (QED) is 0.446. The lowest BCUT2D eigenvalue weighted by Gasteiger charge is -2.33. The minimum absolute atomic E-state index is 0.0491. The van der Waals surface area contributed by atoms with Crippen LogP contribution in [0.4, 0.5) is 5.95 Å². The van der Waals surface area contributed by atoms with Crippen LogP contribution in [-0.2, 0) is 0 Å². The molecule has 36 heavy (non-hydrogen) atoms. The van der Waals surface area contributed by atoms with Crippen LogP contribution >= 0.6 is 0 Å². The van der Waals surface area contributed by atoms with E-state index in [1.807, 2.05) is 44.5 Å². The molecule has 2 saturated heterocycles. The number of aromatic nitrogens is 5. The number of amides is 1. The third-order valence-corrected chi connectivity index (χ3v) is 7.39. The first-order valence-corrected chi connectivity index (χ1v) is 13.2. The molecule has 0 aliphatic carbocycles. The number of piperidine rings is 1. The van der Waals surface area contributed by atoms with Gasteiger partial charge in [0.05, 0.1) is 17.9 Å². The van der Waals surface area contributed by atoms with E-state index in [4.69, 9.17) is 5.10 Å². The lowest BCUT2D eigenvalue weighted by atomic mass is 10.0. The number of fused-ring (bicyclic) bond motifs is 2. The Hall–Kier alpha value is -3.46. The van der Waals surface area contributed by atoms with Crippen molar-refractivity contribution < 1.29 is 4.79 Å². The predicted octanol–water partition coefficient (Wildman–Crippen LogP) is 3.81. The SMILES string of the molecule is CC(C)CN1CCC(Nc2ncc3c(-c4ccc5ncc(C(=O)N6CCCC6)n5c4)ccn3n2)CC1. The summed E-state index contributed by atoms with van der Waals surface area (Å²) in [6, 6.07) is 6.45. The van der Waals surface area contributed by atoms with E-state index in [-0.39, 0.29) is 5.91 Å². The third-order valence-electron chi connectivity index (χ3n) is 7.39. The molecule has 0 saturated carbocycles. The van der Waals surface area contributed by atoms with Crippen LogP contribution < -0.4 is 5.32 Å². The summed E-state index contributed by atoms with van der Waals surface area (Å²) in [7, 11) is 0. The summed E-state index contributed by atoms with van der Waals surface area (Å²) >= 11 is 0. The second-order valence-corrected chi connectivity index (χ2v) is 10.5. The first kappa shape index (κ1) is 23.0. The highest BCUT2D eigenvalue weighted by molar-refractivity contribution is 5.93. The van der Waals surface area contributed by atoms with Gasteiger partial charge in [-0.3, -0.25) is 9.20 Å². The predicted molar refractivity (Wildman–Crippen MR) is 140 cm³/mol. The minimum atomic E-state index is 0.0491. The smallest absolute Gasteiger partial charge is 0.272 e. The van der Waals surface area contributed by atoms with Crippen LogP contribution in [0.5, 0.6) is 0 Å². The Morgan fingerprint density at radius 3 is 2.64 bits per heavy atom. The average molecular weight is 487 g/mol. The van der Waals surface area contributed by atoms with Crippen LogP contribution in [0.25, 0.3) is 22.3 Å². The van der Waals surface area contributed by atoms with Crippen molar-refractivity contribution in [2.24, 2.45) is 5.92 Å². The number of rotatable bonds is 6. The lowest BCUT2D eigenvalue weighted by Crippen LogP contribution is -2.40. The molecule has 9 heteroatoms. The van der Waals surface area contributed by atoms with Gasteiger partial charge in [-0.05, 0) is 49.8 Å². The number of anilines is 1. The number of pyridine rings is 1. The highest BCUT2D eigenvalue weighted by Gasteiger charge is 2.23. The topological polar surface area (TPSA) is 83.1 Å². The van der Waals surface area contributed by atoms with Crippen molar-refractivity contribution in [1.29, 1.82) is 0 Å². The van der Waals surface area contributed by atoms with E-state index in [9.17, 15) is 4.79 Å². The second-order valence-electron chi connectivity index (χ2n) is 10.5. The lowest BCUT2D eigenvalue weighted by molar-refractivity contribution is 0.0786. The molecule has 2 aliphatic heterocycles. The fraction of sp³-hybridized carbons (Fsp3) is 0.481. The van der Waals surface area contributed by atoms with Crippen molar-refractivity contribution >= 4 is 23.0 Å². The molecule has 188 valence electrons. The number of hydrogen-bond donors (Lipinski definition) is 1. The van der Waals surface area contributed by atoms with Gasteiger partial charge in [-0.1, -0.05) is 13.8 Å². The van der Waals surface area contributed by atoms with E-state index >= 15 is 0 Å². The van der Waals surface area contributed by atoms with Crippen LogP contribution in [-0.4, -0.2) is 78.5 Å². The van der Waals surface area contributed by atoms with Crippen molar-refractivity contribution in [3.63, 3.8) is 0 Å². The minimum Gasteiger partial charge on any atom is -0.350 e. The Labute approximate surface area is 211 Å². The summed E-state index contributed by atoms with van der Waals surface area (Å²) in [5.74, 6) is 1.42. The monoisotopic (exact) mass is 486 g/mol. The Balaban J connectivity index is 1.21. The zero-order valence-corrected chi connectivity index (χ0v) is 21.1. The second kappa shape index (κ2) is 9.54. The van der Waals surface area contributed by atoms with Crippen molar-refractivity contribution in [2.45, 2.75) is 45.6 Å². The van der Waals surface area contributed by atoms with Crippen LogP contribution in [0.15, 0.2) is 43.0 Å². The molecule has 4 aromatic rings. The van der Waals surface area contributed by atoms with Crippen LogP contribution in [0, 0.1) is 5.92 Å². The largest absolute Gasteiger partial charge is 0.350 e. The maximum atomic E-state index is 13.0. The third kappa shape index (κ3) is 4.43. The maximum Gasteiger partial charge on any atom is 0.272 e. The Morgan fingerprint density at radius 1 is 1.06 bits per heavy atom. The zero-order valence-electron chi connectivity index (χ0n) is 21.1. The average Bonchev–Trinajstić information content (AvgIpc) is 3.63. The van der Waals surface area contributed by atoms with Gasteiger partial charge < -0.3 is 15.1 Å². The summed E-state index contributed by atoms with van der Waals surface area (Å²) in [5.41, 5.74) is 4.34.